The first kappa shape index (κ1) is 27.0. The maximum absolute atomic E-state index is 10.6. The Morgan fingerprint density at radius 1 is 1.00 bits per heavy atom. The van der Waals surface area contributed by atoms with Gasteiger partial charge in [-0.1, -0.05) is 27.7 Å². The van der Waals surface area contributed by atoms with E-state index in [0.29, 0.717) is 0 Å². The highest BCUT2D eigenvalue weighted by atomic mass is 35.5. The molecule has 0 aromatic rings. The number of nitrogens with one attached hydrogen (secondary N) is 1. The molecule has 5 N–H and O–H groups in total. The lowest BCUT2D eigenvalue weighted by atomic mass is 10.1. The molecule has 0 aliphatic carbocycles. The monoisotopic (exact) mass is 370 g/mol. The number of amides is 1. The number of carbonyl (C=O) groups excluding carboxylic acids is 2. The number of halogens is 1. The van der Waals surface area contributed by atoms with E-state index in [-0.39, 0.29) is 17.1 Å². The third-order valence-corrected chi connectivity index (χ3v) is 2.39. The van der Waals surface area contributed by atoms with Crippen LogP contribution < -0.4 is 11.1 Å². The number of carbonyl (C=O) groups is 4. The summed E-state index contributed by atoms with van der Waals surface area (Å²) in [6.07, 6.45) is -0.726. The summed E-state index contributed by atoms with van der Waals surface area (Å²) in [7, 11) is 1.19. The Hall–Kier alpha value is -1.87. The summed E-state index contributed by atoms with van der Waals surface area (Å²) in [5, 5.41) is 18.7. The summed E-state index contributed by atoms with van der Waals surface area (Å²) in [5.74, 6) is -2.13. The Balaban J connectivity index is -0.000000316. The zero-order valence-electron chi connectivity index (χ0n) is 14.7. The van der Waals surface area contributed by atoms with Crippen molar-refractivity contribution >= 4 is 34.9 Å². The normalized spacial score (nSPS) is 11.9. The largest absolute Gasteiger partial charge is 0.480 e. The molecule has 0 bridgehead atoms. The molecular formula is C14H27ClN2O7. The van der Waals surface area contributed by atoms with Crippen LogP contribution in [0.5, 0.6) is 0 Å². The molecule has 0 aliphatic rings. The first-order chi connectivity index (χ1) is 10.8. The van der Waals surface area contributed by atoms with Crippen LogP contribution in [0.1, 0.15) is 34.6 Å². The number of hydrogen-bond donors (Lipinski definition) is 4. The Bertz CT molecular complexity index is 410. The Labute approximate surface area is 146 Å². The second kappa shape index (κ2) is 14.7. The lowest BCUT2D eigenvalue weighted by Gasteiger charge is -2.16. The van der Waals surface area contributed by atoms with Crippen LogP contribution in [0.25, 0.3) is 0 Å². The molecule has 0 aromatic heterocycles. The van der Waals surface area contributed by atoms with Crippen molar-refractivity contribution in [3.05, 3.63) is 0 Å². The van der Waals surface area contributed by atoms with E-state index in [4.69, 9.17) is 15.9 Å². The molecule has 0 spiro atoms. The van der Waals surface area contributed by atoms with Gasteiger partial charge in [0.1, 0.15) is 12.1 Å². The molecular weight excluding hydrogens is 344 g/mol. The van der Waals surface area contributed by atoms with E-state index < -0.39 is 30.1 Å². The first-order valence-corrected chi connectivity index (χ1v) is 7.37. The maximum Gasteiger partial charge on any atom is 0.407 e. The molecule has 0 fully saturated rings. The molecule has 2 atom stereocenters. The zero-order chi connectivity index (χ0) is 20.0. The Kier molecular flexibility index (Phi) is 16.5. The van der Waals surface area contributed by atoms with Gasteiger partial charge < -0.3 is 26.0 Å². The quantitative estimate of drug-likeness (QED) is 0.527. The number of methoxy groups -OCH3 is 1. The third-order valence-electron chi connectivity index (χ3n) is 2.39. The van der Waals surface area contributed by atoms with Gasteiger partial charge in [-0.3, -0.25) is 9.59 Å². The number of rotatable bonds is 5. The van der Waals surface area contributed by atoms with Crippen LogP contribution >= 0.6 is 11.6 Å². The smallest absolute Gasteiger partial charge is 0.407 e. The SMILES string of the molecule is CC(=O)Cl.CC(C)[C@H](N)C(=O)O.COC(=O)N[C@H](C(=O)O)C(C)C. The number of hydrogen-bond acceptors (Lipinski definition) is 6. The van der Waals surface area contributed by atoms with Crippen molar-refractivity contribution in [2.75, 3.05) is 7.11 Å². The molecule has 10 heteroatoms. The van der Waals surface area contributed by atoms with Crippen molar-refractivity contribution in [2.45, 2.75) is 46.7 Å². The van der Waals surface area contributed by atoms with E-state index in [2.05, 4.69) is 21.7 Å². The highest BCUT2D eigenvalue weighted by Crippen LogP contribution is 2.01. The molecule has 0 heterocycles. The van der Waals surface area contributed by atoms with Gasteiger partial charge in [0.25, 0.3) is 0 Å². The molecule has 0 aliphatic heterocycles. The predicted molar refractivity (Wildman–Crippen MR) is 88.8 cm³/mol. The summed E-state index contributed by atoms with van der Waals surface area (Å²) >= 11 is 4.64. The van der Waals surface area contributed by atoms with Gasteiger partial charge in [0, 0.05) is 6.92 Å². The van der Waals surface area contributed by atoms with Crippen LogP contribution in [0.15, 0.2) is 0 Å². The first-order valence-electron chi connectivity index (χ1n) is 6.99. The predicted octanol–water partition coefficient (Wildman–Crippen LogP) is 1.28. The van der Waals surface area contributed by atoms with Crippen molar-refractivity contribution in [2.24, 2.45) is 17.6 Å². The molecule has 0 saturated heterocycles. The maximum atomic E-state index is 10.6. The van der Waals surface area contributed by atoms with E-state index in [9.17, 15) is 19.2 Å². The van der Waals surface area contributed by atoms with E-state index in [1.165, 1.54) is 14.0 Å². The highest BCUT2D eigenvalue weighted by Gasteiger charge is 2.23. The highest BCUT2D eigenvalue weighted by molar-refractivity contribution is 6.62. The van der Waals surface area contributed by atoms with E-state index in [0.717, 1.165) is 0 Å². The lowest BCUT2D eigenvalue weighted by molar-refractivity contribution is -0.141. The summed E-state index contributed by atoms with van der Waals surface area (Å²) in [4.78, 5) is 40.4. The van der Waals surface area contributed by atoms with Crippen molar-refractivity contribution in [1.29, 1.82) is 0 Å². The molecule has 0 radical (unpaired) electrons. The van der Waals surface area contributed by atoms with Crippen LogP contribution in [-0.2, 0) is 19.1 Å². The molecule has 24 heavy (non-hydrogen) atoms. The third kappa shape index (κ3) is 18.2. The van der Waals surface area contributed by atoms with Gasteiger partial charge in [-0.2, -0.15) is 0 Å². The topological polar surface area (TPSA) is 156 Å². The Morgan fingerprint density at radius 2 is 1.38 bits per heavy atom. The van der Waals surface area contributed by atoms with Crippen molar-refractivity contribution < 1.29 is 34.1 Å². The van der Waals surface area contributed by atoms with Gasteiger partial charge in [-0.15, -0.1) is 0 Å². The fraction of sp³-hybridized carbons (Fsp3) is 0.714. The number of nitrogens with two attached hydrogens (primary N) is 1. The summed E-state index contributed by atoms with van der Waals surface area (Å²) in [5.41, 5.74) is 5.16. The summed E-state index contributed by atoms with van der Waals surface area (Å²) < 4.78 is 4.27. The van der Waals surface area contributed by atoms with Crippen LogP contribution in [-0.4, -0.2) is 52.7 Å². The van der Waals surface area contributed by atoms with E-state index in [1.807, 2.05) is 0 Å². The lowest BCUT2D eigenvalue weighted by Crippen LogP contribution is -2.44. The summed E-state index contributed by atoms with van der Waals surface area (Å²) in [6, 6.07) is -1.60. The van der Waals surface area contributed by atoms with Crippen LogP contribution in [0.4, 0.5) is 4.79 Å². The van der Waals surface area contributed by atoms with Gasteiger partial charge in [0.2, 0.25) is 5.24 Å². The van der Waals surface area contributed by atoms with Gasteiger partial charge in [0.15, 0.2) is 0 Å². The molecule has 1 amide bonds. The molecule has 0 rings (SSSR count). The molecule has 142 valence electrons. The Morgan fingerprint density at radius 3 is 1.50 bits per heavy atom. The molecule has 0 unspecified atom stereocenters. The molecule has 0 saturated carbocycles. The van der Waals surface area contributed by atoms with E-state index in [1.54, 1.807) is 27.7 Å². The minimum atomic E-state index is -1.06. The van der Waals surface area contributed by atoms with Gasteiger partial charge in [-0.25, -0.2) is 9.59 Å². The zero-order valence-corrected chi connectivity index (χ0v) is 15.5. The van der Waals surface area contributed by atoms with Crippen LogP contribution in [0.3, 0.4) is 0 Å². The average Bonchev–Trinajstić information content (AvgIpc) is 2.42. The molecule has 9 nitrogen and oxygen atoms in total. The second-order valence-corrected chi connectivity index (χ2v) is 5.81. The fourth-order valence-corrected chi connectivity index (χ4v) is 0.985. The fourth-order valence-electron chi connectivity index (χ4n) is 0.985. The number of ether oxygens (including phenoxy) is 1. The van der Waals surface area contributed by atoms with Crippen LogP contribution in [0, 0.1) is 11.8 Å². The van der Waals surface area contributed by atoms with Crippen molar-refractivity contribution in [3.8, 4) is 0 Å². The van der Waals surface area contributed by atoms with Crippen LogP contribution in [0.2, 0.25) is 0 Å². The van der Waals surface area contributed by atoms with E-state index >= 15 is 0 Å². The number of carboxylic acid groups (broad SMARTS) is 2. The minimum absolute atomic E-state index is 0.0208. The van der Waals surface area contributed by atoms with Crippen molar-refractivity contribution in [3.63, 3.8) is 0 Å². The standard InChI is InChI=1S/C7H13NO4.C5H11NO2.C2H3ClO/c1-4(2)5(6(9)10)8-7(11)12-3;1-3(2)4(6)5(7)8;1-2(3)4/h4-5H,1-3H3,(H,8,11)(H,9,10);3-4H,6H2,1-2H3,(H,7,8);1H3/t5-;4-;/m00./s1. The number of carboxylic acids is 2. The van der Waals surface area contributed by atoms with Crippen molar-refractivity contribution in [1.82, 2.24) is 5.32 Å². The van der Waals surface area contributed by atoms with Gasteiger partial charge in [0.05, 0.1) is 7.11 Å². The molecule has 0 aromatic carbocycles. The second-order valence-electron chi connectivity index (χ2n) is 5.27. The average molecular weight is 371 g/mol. The number of alkyl carbamates (subject to hydrolysis) is 1. The summed E-state index contributed by atoms with van der Waals surface area (Å²) in [6.45, 7) is 8.25. The van der Waals surface area contributed by atoms with Gasteiger partial charge >= 0.3 is 18.0 Å². The van der Waals surface area contributed by atoms with Gasteiger partial charge in [-0.05, 0) is 23.4 Å². The minimum Gasteiger partial charge on any atom is -0.480 e. The number of aliphatic carboxylic acids is 2.